The number of phenols is 1. The lowest BCUT2D eigenvalue weighted by atomic mass is 9.99. The summed E-state index contributed by atoms with van der Waals surface area (Å²) >= 11 is 0. The van der Waals surface area contributed by atoms with Crippen molar-refractivity contribution >= 4 is 5.78 Å². The number of hydrogen-bond acceptors (Lipinski definition) is 9. The number of rotatable bonds is 7. The van der Waals surface area contributed by atoms with Crippen molar-refractivity contribution < 1.29 is 39.8 Å². The lowest BCUT2D eigenvalue weighted by Crippen LogP contribution is -2.60. The Morgan fingerprint density at radius 1 is 1.07 bits per heavy atom. The molecule has 0 unspecified atom stereocenters. The molecule has 5 N–H and O–H groups in total. The Kier molecular flexibility index (Phi) is 6.78. The van der Waals surface area contributed by atoms with Crippen LogP contribution in [0.15, 0.2) is 42.7 Å². The number of phenolic OH excluding ortho intramolecular Hbond substituents is 1. The van der Waals surface area contributed by atoms with Crippen molar-refractivity contribution in [2.75, 3.05) is 6.61 Å². The maximum atomic E-state index is 12.7. The van der Waals surface area contributed by atoms with Crippen molar-refractivity contribution in [2.24, 2.45) is 0 Å². The minimum absolute atomic E-state index is 0.0472. The first kappa shape index (κ1) is 21.2. The predicted octanol–water partition coefficient (Wildman–Crippen LogP) is -0.219. The molecule has 1 aliphatic rings. The number of aliphatic hydroxyl groups is 4. The highest BCUT2D eigenvalue weighted by molar-refractivity contribution is 6.01. The van der Waals surface area contributed by atoms with Crippen molar-refractivity contribution in [1.29, 1.82) is 0 Å². The average molecular weight is 405 g/mol. The molecule has 1 aliphatic heterocycles. The first-order valence-electron chi connectivity index (χ1n) is 9.13. The van der Waals surface area contributed by atoms with Crippen molar-refractivity contribution in [1.82, 2.24) is 4.98 Å². The fourth-order valence-electron chi connectivity index (χ4n) is 3.12. The van der Waals surface area contributed by atoms with Gasteiger partial charge in [-0.25, -0.2) is 0 Å². The molecule has 1 aromatic carbocycles. The lowest BCUT2D eigenvalue weighted by molar-refractivity contribution is -0.277. The molecule has 9 heteroatoms. The van der Waals surface area contributed by atoms with E-state index in [-0.39, 0.29) is 29.3 Å². The Morgan fingerprint density at radius 3 is 2.48 bits per heavy atom. The summed E-state index contributed by atoms with van der Waals surface area (Å²) in [5, 5.41) is 49.4. The zero-order valence-electron chi connectivity index (χ0n) is 15.5. The number of aryl methyl sites for hydroxylation is 1. The third-order valence-electron chi connectivity index (χ3n) is 4.76. The number of Topliss-reactive ketones (excluding diaryl/α,β-unsaturated/α-hetero) is 1. The molecule has 0 amide bonds. The summed E-state index contributed by atoms with van der Waals surface area (Å²) in [5.41, 5.74) is 0.818. The minimum Gasteiger partial charge on any atom is -0.507 e. The molecule has 29 heavy (non-hydrogen) atoms. The molecule has 1 aromatic heterocycles. The normalized spacial score (nSPS) is 26.8. The van der Waals surface area contributed by atoms with E-state index in [1.54, 1.807) is 24.5 Å². The highest BCUT2D eigenvalue weighted by Crippen LogP contribution is 2.32. The smallest absolute Gasteiger partial charge is 0.229 e. The number of carbonyl (C=O) groups excluding carboxylic acids is 1. The zero-order chi connectivity index (χ0) is 21.0. The molecule has 2 aromatic rings. The van der Waals surface area contributed by atoms with Gasteiger partial charge in [-0.05, 0) is 36.2 Å². The molecule has 2 heterocycles. The van der Waals surface area contributed by atoms with E-state index in [2.05, 4.69) is 4.98 Å². The van der Waals surface area contributed by atoms with Crippen LogP contribution in [0.5, 0.6) is 11.5 Å². The molecule has 0 saturated carbocycles. The van der Waals surface area contributed by atoms with E-state index in [1.165, 1.54) is 18.2 Å². The van der Waals surface area contributed by atoms with Gasteiger partial charge in [0.1, 0.15) is 41.5 Å². The summed E-state index contributed by atoms with van der Waals surface area (Å²) in [6.07, 6.45) is -3.63. The maximum absolute atomic E-state index is 12.7. The number of aromatic nitrogens is 1. The number of pyridine rings is 1. The van der Waals surface area contributed by atoms with Gasteiger partial charge in [0.2, 0.25) is 6.29 Å². The zero-order valence-corrected chi connectivity index (χ0v) is 15.5. The minimum atomic E-state index is -1.63. The number of ketones is 1. The Balaban J connectivity index is 1.78. The van der Waals surface area contributed by atoms with Gasteiger partial charge in [-0.1, -0.05) is 6.07 Å². The Morgan fingerprint density at radius 2 is 1.79 bits per heavy atom. The van der Waals surface area contributed by atoms with Crippen molar-refractivity contribution in [3.8, 4) is 11.5 Å². The number of hydrogen-bond donors (Lipinski definition) is 5. The SMILES string of the molecule is O=C(CCc1ccncc1)c1c(O)cccc1O[C@@H]1O[C@H](CO)[C@@H](O)[C@H](O)[C@H]1O. The van der Waals surface area contributed by atoms with Gasteiger partial charge in [-0.15, -0.1) is 0 Å². The van der Waals surface area contributed by atoms with Crippen molar-refractivity contribution in [3.05, 3.63) is 53.9 Å². The molecule has 0 aliphatic carbocycles. The number of aliphatic hydroxyl groups excluding tert-OH is 4. The van der Waals surface area contributed by atoms with Gasteiger partial charge in [-0.2, -0.15) is 0 Å². The van der Waals surface area contributed by atoms with E-state index in [4.69, 9.17) is 9.47 Å². The first-order chi connectivity index (χ1) is 13.9. The standard InChI is InChI=1S/C20H23NO8/c22-10-15-17(25)18(26)19(27)20(29-15)28-14-3-1-2-12(23)16(14)13(24)5-4-11-6-8-21-9-7-11/h1-3,6-9,15,17-20,22-23,25-27H,4-5,10H2/t15-,17-,18+,19-,20-/m1/s1. The Labute approximate surface area is 166 Å². The quantitative estimate of drug-likeness (QED) is 0.394. The number of carbonyl (C=O) groups is 1. The van der Waals surface area contributed by atoms with Gasteiger partial charge in [-0.3, -0.25) is 9.78 Å². The van der Waals surface area contributed by atoms with E-state index >= 15 is 0 Å². The third-order valence-corrected chi connectivity index (χ3v) is 4.76. The molecule has 0 radical (unpaired) electrons. The summed E-state index contributed by atoms with van der Waals surface area (Å²) in [5.74, 6) is -0.736. The Bertz CT molecular complexity index is 828. The highest BCUT2D eigenvalue weighted by atomic mass is 16.7. The average Bonchev–Trinajstić information content (AvgIpc) is 2.73. The first-order valence-corrected chi connectivity index (χ1v) is 9.13. The molecule has 156 valence electrons. The van der Waals surface area contributed by atoms with E-state index in [0.29, 0.717) is 6.42 Å². The highest BCUT2D eigenvalue weighted by Gasteiger charge is 2.45. The second-order valence-corrected chi connectivity index (χ2v) is 6.74. The summed E-state index contributed by atoms with van der Waals surface area (Å²) in [6.45, 7) is -0.609. The van der Waals surface area contributed by atoms with E-state index in [1.807, 2.05) is 0 Å². The number of nitrogens with zero attached hydrogens (tertiary/aromatic N) is 1. The summed E-state index contributed by atoms with van der Waals surface area (Å²) in [6, 6.07) is 7.77. The van der Waals surface area contributed by atoms with Crippen LogP contribution in [-0.4, -0.2) is 73.6 Å². The second kappa shape index (κ2) is 9.29. The van der Waals surface area contributed by atoms with E-state index < -0.39 is 37.3 Å². The summed E-state index contributed by atoms with van der Waals surface area (Å²) in [7, 11) is 0. The molecular weight excluding hydrogens is 382 g/mol. The van der Waals surface area contributed by atoms with Crippen LogP contribution < -0.4 is 4.74 Å². The summed E-state index contributed by atoms with van der Waals surface area (Å²) < 4.78 is 10.9. The van der Waals surface area contributed by atoms with Gasteiger partial charge < -0.3 is 35.0 Å². The van der Waals surface area contributed by atoms with Crippen LogP contribution in [0.1, 0.15) is 22.3 Å². The Hall–Kier alpha value is -2.56. The van der Waals surface area contributed by atoms with E-state index in [0.717, 1.165) is 5.56 Å². The maximum Gasteiger partial charge on any atom is 0.229 e. The van der Waals surface area contributed by atoms with Crippen LogP contribution in [0, 0.1) is 0 Å². The predicted molar refractivity (Wildman–Crippen MR) is 99.4 cm³/mol. The number of aromatic hydroxyl groups is 1. The summed E-state index contributed by atoms with van der Waals surface area (Å²) in [4.78, 5) is 16.6. The van der Waals surface area contributed by atoms with Gasteiger partial charge in [0.25, 0.3) is 0 Å². The van der Waals surface area contributed by atoms with Crippen molar-refractivity contribution in [3.63, 3.8) is 0 Å². The molecule has 1 fully saturated rings. The molecule has 9 nitrogen and oxygen atoms in total. The molecule has 5 atom stereocenters. The third kappa shape index (κ3) is 4.72. The van der Waals surface area contributed by atoms with Crippen LogP contribution in [0.3, 0.4) is 0 Å². The van der Waals surface area contributed by atoms with Gasteiger partial charge >= 0.3 is 0 Å². The molecular formula is C20H23NO8. The molecule has 0 bridgehead atoms. The van der Waals surface area contributed by atoms with Gasteiger partial charge in [0.15, 0.2) is 5.78 Å². The van der Waals surface area contributed by atoms with Crippen LogP contribution in [0.4, 0.5) is 0 Å². The second-order valence-electron chi connectivity index (χ2n) is 6.74. The number of ether oxygens (including phenoxy) is 2. The van der Waals surface area contributed by atoms with Gasteiger partial charge in [0, 0.05) is 18.8 Å². The largest absolute Gasteiger partial charge is 0.507 e. The van der Waals surface area contributed by atoms with Gasteiger partial charge in [0.05, 0.1) is 6.61 Å². The molecule has 0 spiro atoms. The monoisotopic (exact) mass is 405 g/mol. The lowest BCUT2D eigenvalue weighted by Gasteiger charge is -2.39. The topological polar surface area (TPSA) is 150 Å². The van der Waals surface area contributed by atoms with Crippen LogP contribution in [0.2, 0.25) is 0 Å². The van der Waals surface area contributed by atoms with E-state index in [9.17, 15) is 30.3 Å². The van der Waals surface area contributed by atoms with Crippen molar-refractivity contribution in [2.45, 2.75) is 43.5 Å². The fourth-order valence-corrected chi connectivity index (χ4v) is 3.12. The molecule has 3 rings (SSSR count). The van der Waals surface area contributed by atoms with Crippen LogP contribution in [-0.2, 0) is 11.2 Å². The van der Waals surface area contributed by atoms with Crippen LogP contribution >= 0.6 is 0 Å². The molecule has 1 saturated heterocycles. The fraction of sp³-hybridized carbons (Fsp3) is 0.400. The number of benzene rings is 1. The van der Waals surface area contributed by atoms with Crippen LogP contribution in [0.25, 0.3) is 0 Å².